The van der Waals surface area contributed by atoms with Gasteiger partial charge in [0.25, 0.3) is 0 Å². The molecule has 1 aromatic carbocycles. The van der Waals surface area contributed by atoms with Crippen molar-refractivity contribution in [1.29, 1.82) is 0 Å². The average Bonchev–Trinajstić information content (AvgIpc) is 2.84. The summed E-state index contributed by atoms with van der Waals surface area (Å²) >= 11 is 0. The molecule has 3 rings (SSSR count). The number of imide groups is 1. The molecule has 2 aliphatic rings. The van der Waals surface area contributed by atoms with Crippen LogP contribution < -0.4 is 5.32 Å². The Morgan fingerprint density at radius 2 is 1.67 bits per heavy atom. The highest BCUT2D eigenvalue weighted by molar-refractivity contribution is 6.05. The van der Waals surface area contributed by atoms with Crippen molar-refractivity contribution in [3.63, 3.8) is 0 Å². The lowest BCUT2D eigenvalue weighted by Crippen LogP contribution is -2.35. The van der Waals surface area contributed by atoms with E-state index >= 15 is 0 Å². The predicted octanol–water partition coefficient (Wildman–Crippen LogP) is 2.01. The van der Waals surface area contributed by atoms with Crippen LogP contribution in [0, 0.1) is 17.7 Å². The van der Waals surface area contributed by atoms with Crippen LogP contribution in [0.4, 0.5) is 4.39 Å². The Bertz CT molecular complexity index is 620. The summed E-state index contributed by atoms with van der Waals surface area (Å²) in [5.41, 5.74) is 0.795. The van der Waals surface area contributed by atoms with E-state index in [0.29, 0.717) is 6.54 Å². The Balaban J connectivity index is 1.48. The minimum Gasteiger partial charge on any atom is -0.352 e. The Hall–Kier alpha value is -2.24. The number of likely N-dealkylation sites (tertiary alicyclic amines) is 1. The van der Waals surface area contributed by atoms with E-state index in [2.05, 4.69) is 5.32 Å². The molecule has 0 radical (unpaired) electrons. The number of fused-ring (bicyclic) bond motifs is 1. The molecule has 0 unspecified atom stereocenters. The average molecular weight is 332 g/mol. The zero-order valence-electron chi connectivity index (χ0n) is 13.5. The van der Waals surface area contributed by atoms with Crippen LogP contribution in [-0.4, -0.2) is 29.2 Å². The lowest BCUT2D eigenvalue weighted by molar-refractivity contribution is -0.140. The van der Waals surface area contributed by atoms with E-state index in [0.717, 1.165) is 31.2 Å². The van der Waals surface area contributed by atoms with Crippen LogP contribution >= 0.6 is 0 Å². The van der Waals surface area contributed by atoms with Crippen molar-refractivity contribution in [1.82, 2.24) is 10.2 Å². The van der Waals surface area contributed by atoms with E-state index in [1.807, 2.05) is 0 Å². The highest BCUT2D eigenvalue weighted by atomic mass is 19.1. The number of halogens is 1. The van der Waals surface area contributed by atoms with E-state index in [1.54, 1.807) is 12.1 Å². The first-order chi connectivity index (χ1) is 11.6. The number of nitrogens with zero attached hydrogens (tertiary/aromatic N) is 1. The molecule has 1 aliphatic heterocycles. The second-order valence-electron chi connectivity index (χ2n) is 6.48. The number of hydrogen-bond donors (Lipinski definition) is 1. The fraction of sp³-hybridized carbons (Fsp3) is 0.500. The highest BCUT2D eigenvalue weighted by Gasteiger charge is 2.47. The van der Waals surface area contributed by atoms with Crippen molar-refractivity contribution in [2.45, 2.75) is 38.6 Å². The van der Waals surface area contributed by atoms with Gasteiger partial charge in [-0.1, -0.05) is 25.0 Å². The third-order valence-corrected chi connectivity index (χ3v) is 4.90. The quantitative estimate of drug-likeness (QED) is 0.839. The van der Waals surface area contributed by atoms with E-state index in [4.69, 9.17) is 0 Å². The van der Waals surface area contributed by atoms with Crippen molar-refractivity contribution in [3.8, 4) is 0 Å². The van der Waals surface area contributed by atoms with Gasteiger partial charge in [0.15, 0.2) is 0 Å². The Morgan fingerprint density at radius 1 is 1.08 bits per heavy atom. The maximum Gasteiger partial charge on any atom is 0.233 e. The number of benzene rings is 1. The molecular formula is C18H21FN2O3. The molecule has 3 amide bonds. The number of amides is 3. The van der Waals surface area contributed by atoms with E-state index in [-0.39, 0.29) is 48.3 Å². The van der Waals surface area contributed by atoms with Gasteiger partial charge < -0.3 is 5.32 Å². The SMILES string of the molecule is O=C(CCN1C(=O)[C@@H]2CCCC[C@H]2C1=O)NCc1ccc(F)cc1. The molecule has 1 saturated heterocycles. The molecular weight excluding hydrogens is 311 g/mol. The van der Waals surface area contributed by atoms with E-state index in [1.165, 1.54) is 17.0 Å². The maximum atomic E-state index is 12.8. The molecule has 0 aromatic heterocycles. The smallest absolute Gasteiger partial charge is 0.233 e. The van der Waals surface area contributed by atoms with Gasteiger partial charge in [0, 0.05) is 19.5 Å². The Morgan fingerprint density at radius 3 is 2.25 bits per heavy atom. The molecule has 24 heavy (non-hydrogen) atoms. The van der Waals surface area contributed by atoms with Gasteiger partial charge in [0.1, 0.15) is 5.82 Å². The van der Waals surface area contributed by atoms with Gasteiger partial charge in [-0.2, -0.15) is 0 Å². The van der Waals surface area contributed by atoms with Crippen molar-refractivity contribution in [2.75, 3.05) is 6.54 Å². The lowest BCUT2D eigenvalue weighted by atomic mass is 9.81. The Labute approximate surface area is 140 Å². The summed E-state index contributed by atoms with van der Waals surface area (Å²) < 4.78 is 12.8. The zero-order valence-corrected chi connectivity index (χ0v) is 13.5. The number of carbonyl (C=O) groups is 3. The standard InChI is InChI=1S/C18H21FN2O3/c19-13-7-5-12(6-8-13)11-20-16(22)9-10-21-17(23)14-3-1-2-4-15(14)18(21)24/h5-8,14-15H,1-4,9-11H2,(H,20,22)/t14-,15-/m1/s1. The van der Waals surface area contributed by atoms with E-state index < -0.39 is 0 Å². The molecule has 0 spiro atoms. The number of rotatable bonds is 5. The maximum absolute atomic E-state index is 12.8. The van der Waals surface area contributed by atoms with Gasteiger partial charge in [0.2, 0.25) is 17.7 Å². The minimum absolute atomic E-state index is 0.0954. The molecule has 128 valence electrons. The van der Waals surface area contributed by atoms with Crippen molar-refractivity contribution in [3.05, 3.63) is 35.6 Å². The molecule has 1 heterocycles. The summed E-state index contributed by atoms with van der Waals surface area (Å²) in [7, 11) is 0. The van der Waals surface area contributed by atoms with Crippen molar-refractivity contribution < 1.29 is 18.8 Å². The van der Waals surface area contributed by atoms with Crippen LogP contribution in [0.1, 0.15) is 37.7 Å². The molecule has 1 aliphatic carbocycles. The Kier molecular flexibility index (Phi) is 4.92. The molecule has 1 saturated carbocycles. The zero-order chi connectivity index (χ0) is 17.1. The summed E-state index contributed by atoms with van der Waals surface area (Å²) in [4.78, 5) is 37.8. The first-order valence-corrected chi connectivity index (χ1v) is 8.42. The fourth-order valence-electron chi connectivity index (χ4n) is 3.56. The van der Waals surface area contributed by atoms with Crippen molar-refractivity contribution in [2.24, 2.45) is 11.8 Å². The van der Waals surface area contributed by atoms with Crippen LogP contribution in [0.15, 0.2) is 24.3 Å². The topological polar surface area (TPSA) is 66.5 Å². The summed E-state index contributed by atoms with van der Waals surface area (Å²) in [6.07, 6.45) is 3.64. The molecule has 0 bridgehead atoms. The van der Waals surface area contributed by atoms with Gasteiger partial charge in [0.05, 0.1) is 11.8 Å². The van der Waals surface area contributed by atoms with Crippen LogP contribution in [0.5, 0.6) is 0 Å². The summed E-state index contributed by atoms with van der Waals surface area (Å²) in [6.45, 7) is 0.437. The summed E-state index contributed by atoms with van der Waals surface area (Å²) in [5, 5.41) is 2.72. The van der Waals surface area contributed by atoms with Crippen LogP contribution in [0.3, 0.4) is 0 Å². The molecule has 5 nitrogen and oxygen atoms in total. The van der Waals surface area contributed by atoms with E-state index in [9.17, 15) is 18.8 Å². The third-order valence-electron chi connectivity index (χ3n) is 4.90. The summed E-state index contributed by atoms with van der Waals surface area (Å²) in [6, 6.07) is 5.89. The largest absolute Gasteiger partial charge is 0.352 e. The summed E-state index contributed by atoms with van der Waals surface area (Å²) in [5.74, 6) is -1.12. The molecule has 2 atom stereocenters. The third kappa shape index (κ3) is 3.47. The molecule has 6 heteroatoms. The first kappa shape index (κ1) is 16.6. The minimum atomic E-state index is -0.322. The van der Waals surface area contributed by atoms with Gasteiger partial charge in [-0.3, -0.25) is 19.3 Å². The molecule has 1 N–H and O–H groups in total. The monoisotopic (exact) mass is 332 g/mol. The van der Waals surface area contributed by atoms with Crippen LogP contribution in [0.2, 0.25) is 0 Å². The number of carbonyl (C=O) groups excluding carboxylic acids is 3. The van der Waals surface area contributed by atoms with Gasteiger partial charge in [-0.15, -0.1) is 0 Å². The van der Waals surface area contributed by atoms with Crippen LogP contribution in [-0.2, 0) is 20.9 Å². The van der Waals surface area contributed by atoms with Gasteiger partial charge in [-0.25, -0.2) is 4.39 Å². The van der Waals surface area contributed by atoms with Gasteiger partial charge in [-0.05, 0) is 30.5 Å². The molecule has 2 fully saturated rings. The number of nitrogens with one attached hydrogen (secondary N) is 1. The second-order valence-corrected chi connectivity index (χ2v) is 6.48. The van der Waals surface area contributed by atoms with Crippen molar-refractivity contribution >= 4 is 17.7 Å². The molecule has 1 aromatic rings. The number of hydrogen-bond acceptors (Lipinski definition) is 3. The van der Waals surface area contributed by atoms with Gasteiger partial charge >= 0.3 is 0 Å². The lowest BCUT2D eigenvalue weighted by Gasteiger charge is -2.19. The normalized spacial score (nSPS) is 23.3. The fourth-order valence-corrected chi connectivity index (χ4v) is 3.56. The van der Waals surface area contributed by atoms with Crippen LogP contribution in [0.25, 0.3) is 0 Å². The highest BCUT2D eigenvalue weighted by Crippen LogP contribution is 2.37. The predicted molar refractivity (Wildman–Crippen MR) is 85.0 cm³/mol. The first-order valence-electron chi connectivity index (χ1n) is 8.42. The second kappa shape index (κ2) is 7.11.